The van der Waals surface area contributed by atoms with Crippen molar-refractivity contribution in [2.45, 2.75) is 33.4 Å². The molecule has 7 heteroatoms. The summed E-state index contributed by atoms with van der Waals surface area (Å²) in [5.74, 6) is -1.15. The van der Waals surface area contributed by atoms with E-state index in [0.717, 1.165) is 10.9 Å². The number of hydrogen-bond acceptors (Lipinski definition) is 3. The van der Waals surface area contributed by atoms with Gasteiger partial charge in [-0.1, -0.05) is 18.2 Å². The normalized spacial score (nSPS) is 14.7. The van der Waals surface area contributed by atoms with Crippen LogP contribution in [-0.4, -0.2) is 64.3 Å². The van der Waals surface area contributed by atoms with Gasteiger partial charge in [0, 0.05) is 49.7 Å². The Kier molecular flexibility index (Phi) is 5.48. The van der Waals surface area contributed by atoms with Crippen molar-refractivity contribution in [3.8, 4) is 0 Å². The van der Waals surface area contributed by atoms with Gasteiger partial charge in [0.15, 0.2) is 0 Å². The number of amides is 3. The molecule has 3 rings (SSSR count). The Morgan fingerprint density at radius 2 is 1.67 bits per heavy atom. The average molecular weight is 370 g/mol. The summed E-state index contributed by atoms with van der Waals surface area (Å²) >= 11 is 0. The van der Waals surface area contributed by atoms with E-state index in [1.807, 2.05) is 55.7 Å². The van der Waals surface area contributed by atoms with Crippen LogP contribution in [0.25, 0.3) is 10.9 Å². The molecular formula is C20H26N4O3. The van der Waals surface area contributed by atoms with E-state index in [0.29, 0.717) is 38.4 Å². The minimum Gasteiger partial charge on any atom is -0.346 e. The Labute approximate surface area is 158 Å². The first-order valence-electron chi connectivity index (χ1n) is 9.39. The number of nitrogens with zero attached hydrogens (tertiary/aromatic N) is 3. The molecule has 3 amide bonds. The Hall–Kier alpha value is -2.83. The molecule has 0 atom stereocenters. The average Bonchev–Trinajstić information content (AvgIpc) is 3.05. The van der Waals surface area contributed by atoms with Crippen molar-refractivity contribution in [1.29, 1.82) is 0 Å². The van der Waals surface area contributed by atoms with Gasteiger partial charge in [0.1, 0.15) is 5.69 Å². The first-order valence-corrected chi connectivity index (χ1v) is 9.39. The molecule has 1 fully saturated rings. The molecule has 0 radical (unpaired) electrons. The van der Waals surface area contributed by atoms with Crippen LogP contribution in [0.5, 0.6) is 0 Å². The predicted octanol–water partition coefficient (Wildman–Crippen LogP) is 1.47. The third kappa shape index (κ3) is 3.82. The molecular weight excluding hydrogens is 344 g/mol. The molecule has 0 bridgehead atoms. The zero-order valence-corrected chi connectivity index (χ0v) is 16.1. The van der Waals surface area contributed by atoms with E-state index in [1.54, 1.807) is 4.90 Å². The van der Waals surface area contributed by atoms with Gasteiger partial charge in [0.2, 0.25) is 0 Å². The van der Waals surface area contributed by atoms with Gasteiger partial charge in [-0.25, -0.2) is 0 Å². The van der Waals surface area contributed by atoms with Crippen LogP contribution in [0, 0.1) is 0 Å². The summed E-state index contributed by atoms with van der Waals surface area (Å²) in [5, 5.41) is 3.66. The lowest BCUT2D eigenvalue weighted by atomic mass is 10.2. The van der Waals surface area contributed by atoms with Gasteiger partial charge in [-0.3, -0.25) is 14.4 Å². The minimum atomic E-state index is -0.587. The summed E-state index contributed by atoms with van der Waals surface area (Å²) in [5.41, 5.74) is 1.71. The zero-order chi connectivity index (χ0) is 19.6. The number of hydrogen-bond donors (Lipinski definition) is 1. The van der Waals surface area contributed by atoms with Crippen LogP contribution in [-0.2, 0) is 16.1 Å². The Morgan fingerprint density at radius 3 is 2.30 bits per heavy atom. The third-order valence-corrected chi connectivity index (χ3v) is 4.81. The summed E-state index contributed by atoms with van der Waals surface area (Å²) in [6.07, 6.45) is 0. The summed E-state index contributed by atoms with van der Waals surface area (Å²) in [4.78, 5) is 40.4. The van der Waals surface area contributed by atoms with E-state index in [4.69, 9.17) is 0 Å². The van der Waals surface area contributed by atoms with E-state index in [-0.39, 0.29) is 11.9 Å². The van der Waals surface area contributed by atoms with E-state index >= 15 is 0 Å². The molecule has 1 N–H and O–H groups in total. The number of carbonyl (C=O) groups is 3. The maximum Gasteiger partial charge on any atom is 0.312 e. The van der Waals surface area contributed by atoms with Crippen molar-refractivity contribution in [3.63, 3.8) is 0 Å². The quantitative estimate of drug-likeness (QED) is 0.832. The fourth-order valence-electron chi connectivity index (χ4n) is 3.47. The third-order valence-electron chi connectivity index (χ3n) is 4.81. The van der Waals surface area contributed by atoms with Crippen molar-refractivity contribution in [3.05, 3.63) is 36.0 Å². The highest BCUT2D eigenvalue weighted by molar-refractivity contribution is 6.35. The molecule has 0 spiro atoms. The minimum absolute atomic E-state index is 0.0354. The van der Waals surface area contributed by atoms with Crippen LogP contribution in [0.1, 0.15) is 31.3 Å². The Balaban J connectivity index is 1.69. The molecule has 1 aliphatic heterocycles. The van der Waals surface area contributed by atoms with E-state index in [2.05, 4.69) is 5.32 Å². The zero-order valence-electron chi connectivity index (χ0n) is 16.1. The Morgan fingerprint density at radius 1 is 1.04 bits per heavy atom. The summed E-state index contributed by atoms with van der Waals surface area (Å²) in [6.45, 7) is 7.93. The number of aryl methyl sites for hydroxylation is 1. The van der Waals surface area contributed by atoms with Gasteiger partial charge in [-0.15, -0.1) is 0 Å². The summed E-state index contributed by atoms with van der Waals surface area (Å²) in [6, 6.07) is 9.79. The summed E-state index contributed by atoms with van der Waals surface area (Å²) in [7, 11) is 0. The molecule has 144 valence electrons. The van der Waals surface area contributed by atoms with Crippen molar-refractivity contribution in [2.24, 2.45) is 0 Å². The van der Waals surface area contributed by atoms with E-state index < -0.39 is 11.8 Å². The number of fused-ring (bicyclic) bond motifs is 1. The van der Waals surface area contributed by atoms with Crippen molar-refractivity contribution < 1.29 is 14.4 Å². The fraction of sp³-hybridized carbons (Fsp3) is 0.450. The van der Waals surface area contributed by atoms with Crippen molar-refractivity contribution >= 4 is 28.6 Å². The van der Waals surface area contributed by atoms with Crippen LogP contribution >= 0.6 is 0 Å². The standard InChI is InChI=1S/C20H26N4O3/c1-4-24-16-8-6-5-7-15(16)13-17(24)19(26)22-9-11-23(12-10-22)20(27)18(25)21-14(2)3/h5-8,13-14H,4,9-12H2,1-3H3,(H,21,25). The molecule has 1 aliphatic rings. The molecule has 1 aromatic heterocycles. The second-order valence-electron chi connectivity index (χ2n) is 7.05. The van der Waals surface area contributed by atoms with Crippen LogP contribution in [0.15, 0.2) is 30.3 Å². The largest absolute Gasteiger partial charge is 0.346 e. The molecule has 0 saturated carbocycles. The lowest BCUT2D eigenvalue weighted by Gasteiger charge is -2.34. The number of carbonyl (C=O) groups excluding carboxylic acids is 3. The first kappa shape index (κ1) is 18.9. The number of benzene rings is 1. The van der Waals surface area contributed by atoms with Crippen molar-refractivity contribution in [1.82, 2.24) is 19.7 Å². The number of nitrogens with one attached hydrogen (secondary N) is 1. The monoisotopic (exact) mass is 370 g/mol. The van der Waals surface area contributed by atoms with Gasteiger partial charge in [-0.2, -0.15) is 0 Å². The fourth-order valence-corrected chi connectivity index (χ4v) is 3.47. The second-order valence-corrected chi connectivity index (χ2v) is 7.05. The van der Waals surface area contributed by atoms with Gasteiger partial charge in [0.25, 0.3) is 5.91 Å². The number of aromatic nitrogens is 1. The second kappa shape index (κ2) is 7.82. The maximum absolute atomic E-state index is 13.0. The Bertz CT molecular complexity index is 863. The number of para-hydroxylation sites is 1. The number of rotatable bonds is 3. The van der Waals surface area contributed by atoms with E-state index in [9.17, 15) is 14.4 Å². The van der Waals surface area contributed by atoms with Crippen molar-refractivity contribution in [2.75, 3.05) is 26.2 Å². The first-order chi connectivity index (χ1) is 12.9. The SMILES string of the molecule is CCn1c(C(=O)N2CCN(C(=O)C(=O)NC(C)C)CC2)cc2ccccc21. The molecule has 2 aromatic rings. The van der Waals surface area contributed by atoms with Crippen LogP contribution in [0.4, 0.5) is 0 Å². The predicted molar refractivity (Wildman–Crippen MR) is 103 cm³/mol. The highest BCUT2D eigenvalue weighted by Gasteiger charge is 2.29. The molecule has 0 unspecified atom stereocenters. The smallest absolute Gasteiger partial charge is 0.312 e. The topological polar surface area (TPSA) is 74.7 Å². The van der Waals surface area contributed by atoms with Crippen LogP contribution in [0.2, 0.25) is 0 Å². The molecule has 27 heavy (non-hydrogen) atoms. The highest BCUT2D eigenvalue weighted by Crippen LogP contribution is 2.21. The number of piperazine rings is 1. The van der Waals surface area contributed by atoms with Crippen LogP contribution in [0.3, 0.4) is 0 Å². The van der Waals surface area contributed by atoms with Crippen LogP contribution < -0.4 is 5.32 Å². The summed E-state index contributed by atoms with van der Waals surface area (Å²) < 4.78 is 2.02. The van der Waals surface area contributed by atoms with Gasteiger partial charge in [-0.05, 0) is 32.9 Å². The van der Waals surface area contributed by atoms with Gasteiger partial charge in [0.05, 0.1) is 0 Å². The molecule has 1 saturated heterocycles. The van der Waals surface area contributed by atoms with E-state index in [1.165, 1.54) is 4.90 Å². The molecule has 1 aromatic carbocycles. The highest BCUT2D eigenvalue weighted by atomic mass is 16.2. The lowest BCUT2D eigenvalue weighted by Crippen LogP contribution is -2.54. The molecule has 0 aliphatic carbocycles. The molecule has 7 nitrogen and oxygen atoms in total. The lowest BCUT2D eigenvalue weighted by molar-refractivity contribution is -0.147. The van der Waals surface area contributed by atoms with Gasteiger partial charge >= 0.3 is 11.8 Å². The van der Waals surface area contributed by atoms with Gasteiger partial charge < -0.3 is 19.7 Å². The molecule has 2 heterocycles. The maximum atomic E-state index is 13.0.